The fraction of sp³-hybridized carbons (Fsp3) is 0.588. The van der Waals surface area contributed by atoms with Crippen LogP contribution in [0.5, 0.6) is 0 Å². The average Bonchev–Trinajstić information content (AvgIpc) is 2.50. The number of carboxylic acids is 1. The van der Waals surface area contributed by atoms with E-state index >= 15 is 0 Å². The molecule has 1 N–H and O–H groups in total. The standard InChI is InChI=1S/C15H22F3NO4.C2H4O2/c1-11(2)13(20)22-9-7-19(6-5-15(16,17)18)8-10-23-14(21)12(3)4;1-2(3)4/h1,3,5-10H2,2,4H3;1H3,(H,3,4). The topological polar surface area (TPSA) is 97.2 Å². The van der Waals surface area contributed by atoms with Gasteiger partial charge in [-0.25, -0.2) is 9.59 Å². The van der Waals surface area contributed by atoms with Crippen molar-refractivity contribution in [1.82, 2.24) is 0 Å². The number of halogens is 3. The van der Waals surface area contributed by atoms with Crippen LogP contribution in [0, 0.1) is 0 Å². The van der Waals surface area contributed by atoms with Crippen molar-refractivity contribution in [3.05, 3.63) is 24.3 Å². The molecule has 0 atom stereocenters. The fourth-order valence-electron chi connectivity index (χ4n) is 1.52. The second-order valence-corrected chi connectivity index (χ2v) is 5.69. The molecule has 27 heavy (non-hydrogen) atoms. The van der Waals surface area contributed by atoms with E-state index in [1.807, 2.05) is 0 Å². The van der Waals surface area contributed by atoms with E-state index in [9.17, 15) is 22.8 Å². The van der Waals surface area contributed by atoms with Gasteiger partial charge in [-0.05, 0) is 20.8 Å². The second-order valence-electron chi connectivity index (χ2n) is 5.69. The highest BCUT2D eigenvalue weighted by atomic mass is 19.4. The predicted molar refractivity (Wildman–Crippen MR) is 88.5 cm³/mol. The zero-order valence-corrected chi connectivity index (χ0v) is 15.7. The molecule has 0 aliphatic heterocycles. The molecular formula is C17H26F3NO6. The van der Waals surface area contributed by atoms with E-state index in [0.29, 0.717) is 4.90 Å². The summed E-state index contributed by atoms with van der Waals surface area (Å²) in [5.41, 5.74) is 0.439. The molecule has 0 unspecified atom stereocenters. The summed E-state index contributed by atoms with van der Waals surface area (Å²) in [5, 5.41) is 8.89. The van der Waals surface area contributed by atoms with Gasteiger partial charge in [0, 0.05) is 17.1 Å². The molecule has 0 radical (unpaired) electrons. The molecule has 0 rings (SSSR count). The lowest BCUT2D eigenvalue weighted by molar-refractivity contribution is -0.901. The summed E-state index contributed by atoms with van der Waals surface area (Å²) in [5.74, 6) is -2.26. The largest absolute Gasteiger partial charge is 0.550 e. The number of ether oxygens (including phenoxy) is 2. The summed E-state index contributed by atoms with van der Waals surface area (Å²) in [6.07, 6.45) is -5.24. The third-order valence-electron chi connectivity index (χ3n) is 2.84. The quantitative estimate of drug-likeness (QED) is 0.406. The average molecular weight is 397 g/mol. The molecule has 7 nitrogen and oxygen atoms in total. The summed E-state index contributed by atoms with van der Waals surface area (Å²) >= 11 is 0. The maximum Gasteiger partial charge on any atom is 0.394 e. The number of alkyl halides is 3. The molecule has 10 heteroatoms. The van der Waals surface area contributed by atoms with Crippen molar-refractivity contribution in [1.29, 1.82) is 0 Å². The number of esters is 2. The lowest BCUT2D eigenvalue weighted by Crippen LogP contribution is -3.13. The van der Waals surface area contributed by atoms with Crippen molar-refractivity contribution in [2.75, 3.05) is 32.8 Å². The Bertz CT molecular complexity index is 495. The maximum atomic E-state index is 12.3. The van der Waals surface area contributed by atoms with Crippen LogP contribution in [0.3, 0.4) is 0 Å². The van der Waals surface area contributed by atoms with Gasteiger partial charge in [-0.3, -0.25) is 0 Å². The minimum Gasteiger partial charge on any atom is -0.550 e. The lowest BCUT2D eigenvalue weighted by Gasteiger charge is -2.20. The SMILES string of the molecule is C=C(C)C(=O)OCC[NH+](CCOC(=O)C(=C)C)CCC(F)(F)F.CC(=O)[O-]. The van der Waals surface area contributed by atoms with E-state index in [-0.39, 0.29) is 44.0 Å². The van der Waals surface area contributed by atoms with Gasteiger partial charge < -0.3 is 24.3 Å². The molecule has 0 aliphatic carbocycles. The monoisotopic (exact) mass is 397 g/mol. The van der Waals surface area contributed by atoms with Gasteiger partial charge in [0.05, 0.1) is 13.0 Å². The van der Waals surface area contributed by atoms with Gasteiger partial charge in [0.2, 0.25) is 0 Å². The Labute approximate surface area is 156 Å². The zero-order valence-electron chi connectivity index (χ0n) is 15.7. The van der Waals surface area contributed by atoms with Gasteiger partial charge in [-0.2, -0.15) is 13.2 Å². The molecule has 0 aromatic heterocycles. The van der Waals surface area contributed by atoms with Crippen LogP contribution in [0.15, 0.2) is 24.3 Å². The summed E-state index contributed by atoms with van der Waals surface area (Å²) in [7, 11) is 0. The number of nitrogens with one attached hydrogen (secondary N) is 1. The van der Waals surface area contributed by atoms with Crippen LogP contribution in [0.25, 0.3) is 0 Å². The Morgan fingerprint density at radius 3 is 1.48 bits per heavy atom. The molecule has 0 amide bonds. The summed E-state index contributed by atoms with van der Waals surface area (Å²) in [6.45, 7) is 10.9. The number of hydrogen-bond donors (Lipinski definition) is 1. The van der Waals surface area contributed by atoms with Crippen LogP contribution < -0.4 is 10.0 Å². The smallest absolute Gasteiger partial charge is 0.394 e. The van der Waals surface area contributed by atoms with Crippen LogP contribution in [0.4, 0.5) is 13.2 Å². The van der Waals surface area contributed by atoms with E-state index in [4.69, 9.17) is 19.4 Å². The van der Waals surface area contributed by atoms with Gasteiger partial charge >= 0.3 is 18.1 Å². The third-order valence-corrected chi connectivity index (χ3v) is 2.84. The van der Waals surface area contributed by atoms with Crippen LogP contribution in [0.2, 0.25) is 0 Å². The minimum atomic E-state index is -4.27. The maximum absolute atomic E-state index is 12.3. The van der Waals surface area contributed by atoms with Gasteiger partial charge in [0.25, 0.3) is 0 Å². The normalized spacial score (nSPS) is 10.5. The number of carbonyl (C=O) groups excluding carboxylic acids is 3. The number of carbonyl (C=O) groups is 3. The van der Waals surface area contributed by atoms with Gasteiger partial charge in [-0.1, -0.05) is 13.2 Å². The third kappa shape index (κ3) is 19.8. The Balaban J connectivity index is 0. The van der Waals surface area contributed by atoms with E-state index in [1.165, 1.54) is 13.8 Å². The van der Waals surface area contributed by atoms with Crippen LogP contribution in [0.1, 0.15) is 27.2 Å². The Kier molecular flexibility index (Phi) is 13.7. The highest BCUT2D eigenvalue weighted by Crippen LogP contribution is 2.17. The fourth-order valence-corrected chi connectivity index (χ4v) is 1.52. The molecule has 0 spiro atoms. The van der Waals surface area contributed by atoms with Gasteiger partial charge in [-0.15, -0.1) is 0 Å². The Hall–Kier alpha value is -2.36. The molecular weight excluding hydrogens is 371 g/mol. The van der Waals surface area contributed by atoms with Crippen molar-refractivity contribution in [3.63, 3.8) is 0 Å². The van der Waals surface area contributed by atoms with E-state index in [2.05, 4.69) is 13.2 Å². The Morgan fingerprint density at radius 1 is 0.889 bits per heavy atom. The van der Waals surface area contributed by atoms with Crippen LogP contribution >= 0.6 is 0 Å². The molecule has 0 bridgehead atoms. The summed E-state index contributed by atoms with van der Waals surface area (Å²) < 4.78 is 46.7. The molecule has 0 saturated heterocycles. The molecule has 0 aromatic rings. The first kappa shape index (κ1) is 26.9. The van der Waals surface area contributed by atoms with Crippen molar-refractivity contribution in [2.45, 2.75) is 33.4 Å². The van der Waals surface area contributed by atoms with Crippen molar-refractivity contribution in [3.8, 4) is 0 Å². The first-order valence-corrected chi connectivity index (χ1v) is 7.99. The molecule has 0 fully saturated rings. The molecule has 0 aliphatic rings. The van der Waals surface area contributed by atoms with Gasteiger partial charge in [0.15, 0.2) is 0 Å². The number of aliphatic carboxylic acids is 1. The number of hydrogen-bond acceptors (Lipinski definition) is 6. The first-order chi connectivity index (χ1) is 12.3. The Morgan fingerprint density at radius 2 is 1.22 bits per heavy atom. The van der Waals surface area contributed by atoms with Crippen LogP contribution in [-0.4, -0.2) is 56.9 Å². The highest BCUT2D eigenvalue weighted by molar-refractivity contribution is 5.87. The second kappa shape index (κ2) is 13.8. The van der Waals surface area contributed by atoms with Crippen molar-refractivity contribution >= 4 is 17.9 Å². The van der Waals surface area contributed by atoms with E-state index in [1.54, 1.807) is 0 Å². The molecule has 156 valence electrons. The minimum absolute atomic E-state index is 0.0344. The van der Waals surface area contributed by atoms with Crippen molar-refractivity contribution < 1.29 is 47.0 Å². The van der Waals surface area contributed by atoms with Crippen LogP contribution in [-0.2, 0) is 23.9 Å². The highest BCUT2D eigenvalue weighted by Gasteiger charge is 2.29. The molecule has 0 saturated carbocycles. The van der Waals surface area contributed by atoms with Crippen molar-refractivity contribution in [2.24, 2.45) is 0 Å². The summed E-state index contributed by atoms with van der Waals surface area (Å²) in [6, 6.07) is 0. The van der Waals surface area contributed by atoms with E-state index < -0.39 is 30.5 Å². The van der Waals surface area contributed by atoms with E-state index in [0.717, 1.165) is 6.92 Å². The lowest BCUT2D eigenvalue weighted by atomic mass is 10.3. The first-order valence-electron chi connectivity index (χ1n) is 7.99. The zero-order chi connectivity index (χ0) is 21.6. The van der Waals surface area contributed by atoms with Gasteiger partial charge in [0.1, 0.15) is 26.3 Å². The summed E-state index contributed by atoms with van der Waals surface area (Å²) in [4.78, 5) is 31.9. The number of quaternary nitrogens is 1. The number of rotatable bonds is 10. The number of carboxylic acid groups (broad SMARTS) is 1. The molecule has 0 aromatic carbocycles. The predicted octanol–water partition coefficient (Wildman–Crippen LogP) is -0.181. The molecule has 0 heterocycles.